The van der Waals surface area contributed by atoms with Crippen molar-refractivity contribution in [3.63, 3.8) is 0 Å². The van der Waals surface area contributed by atoms with Crippen LogP contribution in [0.5, 0.6) is 0 Å². The van der Waals surface area contributed by atoms with Gasteiger partial charge in [-0.2, -0.15) is 13.2 Å². The van der Waals surface area contributed by atoms with Crippen LogP contribution < -0.4 is 5.73 Å². The van der Waals surface area contributed by atoms with E-state index >= 15 is 0 Å². The van der Waals surface area contributed by atoms with E-state index in [1.165, 1.54) is 19.1 Å². The van der Waals surface area contributed by atoms with Crippen LogP contribution in [0.4, 0.5) is 13.2 Å². The number of hydrogen-bond acceptors (Lipinski definition) is 3. The summed E-state index contributed by atoms with van der Waals surface area (Å²) in [6, 6.07) is 5.31. The maximum atomic E-state index is 12.7. The van der Waals surface area contributed by atoms with E-state index in [1.807, 2.05) is 0 Å². The normalized spacial score (nSPS) is 14.9. The van der Waals surface area contributed by atoms with Crippen LogP contribution in [-0.2, 0) is 9.53 Å². The lowest BCUT2D eigenvalue weighted by Gasteiger charge is -2.24. The van der Waals surface area contributed by atoms with Crippen molar-refractivity contribution in [1.82, 2.24) is 0 Å². The predicted octanol–water partition coefficient (Wildman–Crippen LogP) is 2.22. The number of nitrogens with two attached hydrogens (primary N) is 1. The topological polar surface area (TPSA) is 52.3 Å². The molecule has 0 aliphatic rings. The Kier molecular flexibility index (Phi) is 4.72. The maximum Gasteiger partial charge on any atom is 0.404 e. The predicted molar refractivity (Wildman–Crippen MR) is 59.8 cm³/mol. The summed E-state index contributed by atoms with van der Waals surface area (Å²) in [5, 5.41) is 0. The zero-order valence-electron chi connectivity index (χ0n) is 9.78. The first-order chi connectivity index (χ1) is 8.38. The highest BCUT2D eigenvalue weighted by molar-refractivity contribution is 5.79. The molecule has 0 bridgehead atoms. The molecule has 0 aromatic heterocycles. The molecule has 0 saturated heterocycles. The number of carbonyl (C=O) groups excluding carboxylic acids is 1. The van der Waals surface area contributed by atoms with Crippen molar-refractivity contribution in [2.75, 3.05) is 6.61 Å². The first kappa shape index (κ1) is 14.5. The van der Waals surface area contributed by atoms with Gasteiger partial charge < -0.3 is 10.5 Å². The molecule has 0 heterocycles. The van der Waals surface area contributed by atoms with Gasteiger partial charge in [-0.05, 0) is 12.5 Å². The highest BCUT2D eigenvalue weighted by Gasteiger charge is 2.46. The van der Waals surface area contributed by atoms with Crippen molar-refractivity contribution in [3.05, 3.63) is 35.9 Å². The van der Waals surface area contributed by atoms with Gasteiger partial charge in [0.1, 0.15) is 12.0 Å². The number of hydrogen-bond donors (Lipinski definition) is 1. The van der Waals surface area contributed by atoms with Crippen LogP contribution in [0.25, 0.3) is 0 Å². The summed E-state index contributed by atoms with van der Waals surface area (Å²) in [6.45, 7) is 1.53. The lowest BCUT2D eigenvalue weighted by molar-refractivity contribution is -0.168. The van der Waals surface area contributed by atoms with Crippen molar-refractivity contribution in [2.45, 2.75) is 25.1 Å². The fourth-order valence-corrected chi connectivity index (χ4v) is 1.57. The fraction of sp³-hybridized carbons (Fsp3) is 0.417. The summed E-state index contributed by atoms with van der Waals surface area (Å²) in [4.78, 5) is 11.6. The number of halogens is 3. The van der Waals surface area contributed by atoms with Gasteiger partial charge in [0.15, 0.2) is 0 Å². The average Bonchev–Trinajstić information content (AvgIpc) is 2.29. The van der Waals surface area contributed by atoms with Gasteiger partial charge in [0, 0.05) is 0 Å². The zero-order chi connectivity index (χ0) is 13.8. The van der Waals surface area contributed by atoms with Crippen LogP contribution in [0.3, 0.4) is 0 Å². The van der Waals surface area contributed by atoms with Gasteiger partial charge >= 0.3 is 12.1 Å². The molecule has 0 aliphatic heterocycles. The zero-order valence-corrected chi connectivity index (χ0v) is 9.78. The van der Waals surface area contributed by atoms with Crippen molar-refractivity contribution < 1.29 is 22.7 Å². The molecule has 0 spiro atoms. The monoisotopic (exact) mass is 261 g/mol. The highest BCUT2D eigenvalue weighted by atomic mass is 19.4. The van der Waals surface area contributed by atoms with E-state index in [1.54, 1.807) is 18.2 Å². The molecule has 1 aromatic carbocycles. The maximum absolute atomic E-state index is 12.7. The minimum atomic E-state index is -4.66. The summed E-state index contributed by atoms with van der Waals surface area (Å²) in [7, 11) is 0. The molecule has 0 unspecified atom stereocenters. The van der Waals surface area contributed by atoms with E-state index in [4.69, 9.17) is 5.73 Å². The second kappa shape index (κ2) is 5.86. The second-order valence-corrected chi connectivity index (χ2v) is 3.71. The van der Waals surface area contributed by atoms with Gasteiger partial charge in [0.2, 0.25) is 0 Å². The molecule has 0 aliphatic carbocycles. The van der Waals surface area contributed by atoms with E-state index in [9.17, 15) is 18.0 Å². The molecular weight excluding hydrogens is 247 g/mol. The average molecular weight is 261 g/mol. The molecule has 2 atom stereocenters. The van der Waals surface area contributed by atoms with E-state index in [0.29, 0.717) is 0 Å². The summed E-state index contributed by atoms with van der Waals surface area (Å²) in [6.07, 6.45) is -4.66. The lowest BCUT2D eigenvalue weighted by atomic mass is 9.91. The molecule has 18 heavy (non-hydrogen) atoms. The molecule has 1 rings (SSSR count). The number of rotatable bonds is 4. The summed E-state index contributed by atoms with van der Waals surface area (Å²) < 4.78 is 42.6. The first-order valence-electron chi connectivity index (χ1n) is 5.41. The van der Waals surface area contributed by atoms with Crippen LogP contribution in [0.15, 0.2) is 30.3 Å². The van der Waals surface area contributed by atoms with Gasteiger partial charge in [-0.1, -0.05) is 30.3 Å². The van der Waals surface area contributed by atoms with Crippen LogP contribution in [0.1, 0.15) is 18.4 Å². The number of esters is 1. The third-order valence-electron chi connectivity index (χ3n) is 2.44. The molecule has 3 nitrogen and oxygen atoms in total. The third kappa shape index (κ3) is 3.46. The largest absolute Gasteiger partial charge is 0.465 e. The lowest BCUT2D eigenvalue weighted by Crippen LogP contribution is -2.45. The van der Waals surface area contributed by atoms with Crippen LogP contribution in [0, 0.1) is 0 Å². The molecule has 0 saturated carbocycles. The molecule has 100 valence electrons. The first-order valence-corrected chi connectivity index (χ1v) is 5.41. The van der Waals surface area contributed by atoms with Crippen molar-refractivity contribution in [2.24, 2.45) is 5.73 Å². The fourth-order valence-electron chi connectivity index (χ4n) is 1.57. The van der Waals surface area contributed by atoms with Gasteiger partial charge in [0.25, 0.3) is 0 Å². The van der Waals surface area contributed by atoms with Crippen molar-refractivity contribution in [3.8, 4) is 0 Å². The number of benzene rings is 1. The van der Waals surface area contributed by atoms with Crippen LogP contribution >= 0.6 is 0 Å². The Morgan fingerprint density at radius 1 is 1.33 bits per heavy atom. The van der Waals surface area contributed by atoms with E-state index in [0.717, 1.165) is 0 Å². The van der Waals surface area contributed by atoms with Crippen LogP contribution in [0.2, 0.25) is 0 Å². The standard InChI is InChI=1S/C12H14F3NO2/c1-2-18-11(17)9(10(16)12(13,14)15)8-6-4-3-5-7-8/h3-7,9-10H,2,16H2,1H3/t9-,10-/m0/s1. The Bertz CT molecular complexity index is 392. The summed E-state index contributed by atoms with van der Waals surface area (Å²) in [5.74, 6) is -2.50. The molecule has 6 heteroatoms. The molecule has 0 amide bonds. The summed E-state index contributed by atoms with van der Waals surface area (Å²) in [5.41, 5.74) is 5.33. The molecular formula is C12H14F3NO2. The smallest absolute Gasteiger partial charge is 0.404 e. The van der Waals surface area contributed by atoms with Crippen molar-refractivity contribution in [1.29, 1.82) is 0 Å². The number of carbonyl (C=O) groups is 1. The minimum Gasteiger partial charge on any atom is -0.465 e. The Labute approximate surface area is 103 Å². The second-order valence-electron chi connectivity index (χ2n) is 3.71. The van der Waals surface area contributed by atoms with Gasteiger partial charge in [-0.15, -0.1) is 0 Å². The minimum absolute atomic E-state index is 0.00669. The highest BCUT2D eigenvalue weighted by Crippen LogP contribution is 2.31. The van der Waals surface area contributed by atoms with E-state index in [2.05, 4.69) is 4.74 Å². The number of ether oxygens (including phenoxy) is 1. The number of alkyl halides is 3. The third-order valence-corrected chi connectivity index (χ3v) is 2.44. The Morgan fingerprint density at radius 3 is 2.33 bits per heavy atom. The van der Waals surface area contributed by atoms with Gasteiger partial charge in [-0.25, -0.2) is 0 Å². The van der Waals surface area contributed by atoms with Gasteiger partial charge in [-0.3, -0.25) is 4.79 Å². The summed E-state index contributed by atoms with van der Waals surface area (Å²) >= 11 is 0. The van der Waals surface area contributed by atoms with Crippen molar-refractivity contribution >= 4 is 5.97 Å². The Morgan fingerprint density at radius 2 is 1.89 bits per heavy atom. The molecule has 0 radical (unpaired) electrons. The van der Waals surface area contributed by atoms with E-state index in [-0.39, 0.29) is 12.2 Å². The van der Waals surface area contributed by atoms with Crippen LogP contribution in [-0.4, -0.2) is 24.8 Å². The molecule has 1 aromatic rings. The quantitative estimate of drug-likeness (QED) is 0.845. The van der Waals surface area contributed by atoms with E-state index < -0.39 is 24.1 Å². The Balaban J connectivity index is 3.07. The molecule has 2 N–H and O–H groups in total. The van der Waals surface area contributed by atoms with Gasteiger partial charge in [0.05, 0.1) is 6.61 Å². The molecule has 0 fully saturated rings. The Hall–Kier alpha value is -1.56. The SMILES string of the molecule is CCOC(=O)[C@@H](c1ccccc1)[C@H](N)C(F)(F)F.